The summed E-state index contributed by atoms with van der Waals surface area (Å²) < 4.78 is 126. The zero-order chi connectivity index (χ0) is 44.5. The van der Waals surface area contributed by atoms with Gasteiger partial charge in [0, 0.05) is 50.3 Å². The lowest BCUT2D eigenvalue weighted by molar-refractivity contribution is 0.115. The Labute approximate surface area is 370 Å². The number of sulfonamides is 4. The van der Waals surface area contributed by atoms with Gasteiger partial charge in [-0.25, -0.2) is 33.7 Å². The van der Waals surface area contributed by atoms with E-state index in [0.29, 0.717) is 51.4 Å². The molecule has 62 heavy (non-hydrogen) atoms. The van der Waals surface area contributed by atoms with Crippen LogP contribution in [-0.2, 0) is 40.1 Å². The summed E-state index contributed by atoms with van der Waals surface area (Å²) in [5.41, 5.74) is 3.53. The highest BCUT2D eigenvalue weighted by Gasteiger charge is 2.47. The molecule has 2 aliphatic carbocycles. The summed E-state index contributed by atoms with van der Waals surface area (Å²) in [7, 11) is -16.9. The molecule has 0 aromatic heterocycles. The summed E-state index contributed by atoms with van der Waals surface area (Å²) in [5.74, 6) is 0. The van der Waals surface area contributed by atoms with Gasteiger partial charge in [-0.15, -0.1) is 0 Å². The third kappa shape index (κ3) is 9.63. The van der Waals surface area contributed by atoms with Gasteiger partial charge in [0.05, 0.1) is 19.6 Å². The molecular formula is C46H60N4O8S4. The zero-order valence-electron chi connectivity index (χ0n) is 36.1. The average molecular weight is 925 g/mol. The van der Waals surface area contributed by atoms with Crippen LogP contribution in [-0.4, -0.2) is 101 Å². The Bertz CT molecular complexity index is 2260. The molecule has 1 aliphatic heterocycles. The molecule has 0 amide bonds. The second kappa shape index (κ2) is 18.9. The van der Waals surface area contributed by atoms with Crippen molar-refractivity contribution in [3.05, 3.63) is 119 Å². The predicted molar refractivity (Wildman–Crippen MR) is 242 cm³/mol. The van der Waals surface area contributed by atoms with Crippen molar-refractivity contribution in [2.24, 2.45) is 0 Å². The van der Waals surface area contributed by atoms with Crippen molar-refractivity contribution < 1.29 is 33.7 Å². The first-order chi connectivity index (χ1) is 29.4. The molecule has 3 fully saturated rings. The molecule has 1 saturated heterocycles. The summed E-state index contributed by atoms with van der Waals surface area (Å²) in [6, 6.07) is 23.3. The molecule has 336 valence electrons. The largest absolute Gasteiger partial charge is 0.243 e. The molecule has 0 spiro atoms. The smallest absolute Gasteiger partial charge is 0.207 e. The standard InChI is InChI=1S/C46H60N4O8S4/c1-35-15-23-39(24-16-35)59(51,52)47-31-9-32-49(61(55,56)41-27-19-37(3)20-28-41)45-13-7-8-14-46(45)50(62(57,58)42-29-21-38(4)22-30-42)34-10-33-48(44-12-6-5-11-43(44)47)60(53,54)40-25-17-36(2)18-26-40/h15-30,43-46H,5-14,31-34H2,1-4H3/t43-,44-,45-,46-/m0/s1. The normalized spacial score (nSPS) is 23.8. The fraction of sp³-hybridized carbons (Fsp3) is 0.478. The van der Waals surface area contributed by atoms with Gasteiger partial charge in [-0.2, -0.15) is 17.2 Å². The zero-order valence-corrected chi connectivity index (χ0v) is 39.4. The van der Waals surface area contributed by atoms with E-state index < -0.39 is 64.3 Å². The highest BCUT2D eigenvalue weighted by atomic mass is 32.2. The molecule has 0 radical (unpaired) electrons. The van der Waals surface area contributed by atoms with Gasteiger partial charge < -0.3 is 0 Å². The SMILES string of the molecule is Cc1ccc(S(=O)(=O)N2CCCN(S(=O)(=O)c3ccc(C)cc3)[C@H]3CCCC[C@@H]3N(S(=O)(=O)c3ccc(C)cc3)CCCN(S(=O)(=O)c3ccc(C)cc3)[C@H]3CCCC[C@@H]32)cc1. The molecule has 0 N–H and O–H groups in total. The van der Waals surface area contributed by atoms with Crippen molar-refractivity contribution in [3.63, 3.8) is 0 Å². The van der Waals surface area contributed by atoms with Gasteiger partial charge in [-0.05, 0) is 115 Å². The molecule has 7 rings (SSSR count). The van der Waals surface area contributed by atoms with Crippen LogP contribution in [0.3, 0.4) is 0 Å². The third-order valence-electron chi connectivity index (χ3n) is 12.9. The van der Waals surface area contributed by atoms with Gasteiger partial charge in [-0.3, -0.25) is 0 Å². The molecule has 4 atom stereocenters. The number of rotatable bonds is 8. The van der Waals surface area contributed by atoms with Crippen LogP contribution in [0.5, 0.6) is 0 Å². The third-order valence-corrected chi connectivity index (χ3v) is 20.6. The Morgan fingerprint density at radius 2 is 0.484 bits per heavy atom. The van der Waals surface area contributed by atoms with Gasteiger partial charge >= 0.3 is 0 Å². The lowest BCUT2D eigenvalue weighted by Crippen LogP contribution is -2.59. The highest BCUT2D eigenvalue weighted by molar-refractivity contribution is 7.90. The lowest BCUT2D eigenvalue weighted by atomic mass is 9.89. The summed E-state index contributed by atoms with van der Waals surface area (Å²) >= 11 is 0. The Morgan fingerprint density at radius 1 is 0.306 bits per heavy atom. The average Bonchev–Trinajstić information content (AvgIpc) is 3.24. The Kier molecular flexibility index (Phi) is 14.2. The molecule has 2 saturated carbocycles. The van der Waals surface area contributed by atoms with Gasteiger partial charge in [-0.1, -0.05) is 96.5 Å². The van der Waals surface area contributed by atoms with Crippen LogP contribution in [0.15, 0.2) is 117 Å². The number of hydrogen-bond donors (Lipinski definition) is 0. The maximum Gasteiger partial charge on any atom is 0.243 e. The molecule has 16 heteroatoms. The fourth-order valence-corrected chi connectivity index (χ4v) is 16.4. The van der Waals surface area contributed by atoms with Crippen LogP contribution < -0.4 is 0 Å². The lowest BCUT2D eigenvalue weighted by Gasteiger charge is -2.46. The van der Waals surface area contributed by atoms with E-state index in [1.54, 1.807) is 97.1 Å². The van der Waals surface area contributed by atoms with E-state index in [4.69, 9.17) is 0 Å². The van der Waals surface area contributed by atoms with Gasteiger partial charge in [0.2, 0.25) is 40.1 Å². The minimum Gasteiger partial charge on any atom is -0.207 e. The van der Waals surface area contributed by atoms with E-state index in [1.165, 1.54) is 17.2 Å². The first-order valence-electron chi connectivity index (χ1n) is 21.8. The van der Waals surface area contributed by atoms with E-state index in [9.17, 15) is 33.7 Å². The van der Waals surface area contributed by atoms with Crippen LogP contribution in [0.4, 0.5) is 0 Å². The molecule has 4 aromatic rings. The molecule has 3 aliphatic rings. The number of nitrogens with zero attached hydrogens (tertiary/aromatic N) is 4. The van der Waals surface area contributed by atoms with E-state index in [1.807, 2.05) is 27.7 Å². The van der Waals surface area contributed by atoms with Gasteiger partial charge in [0.15, 0.2) is 0 Å². The molecular weight excluding hydrogens is 865 g/mol. The van der Waals surface area contributed by atoms with E-state index >= 15 is 0 Å². The maximum atomic E-state index is 15.0. The number of fused-ring (bicyclic) bond motifs is 2. The van der Waals surface area contributed by atoms with Crippen molar-refractivity contribution in [2.75, 3.05) is 26.2 Å². The molecule has 12 nitrogen and oxygen atoms in total. The first kappa shape index (κ1) is 46.5. The quantitative estimate of drug-likeness (QED) is 0.178. The van der Waals surface area contributed by atoms with Crippen molar-refractivity contribution in [2.45, 2.75) is 136 Å². The minimum absolute atomic E-state index is 0.0786. The number of benzene rings is 4. The summed E-state index contributed by atoms with van der Waals surface area (Å²) in [4.78, 5) is 0.314. The summed E-state index contributed by atoms with van der Waals surface area (Å²) in [5, 5.41) is 0. The minimum atomic E-state index is -4.23. The van der Waals surface area contributed by atoms with Crippen LogP contribution in [0, 0.1) is 27.7 Å². The monoisotopic (exact) mass is 924 g/mol. The van der Waals surface area contributed by atoms with Crippen molar-refractivity contribution >= 4 is 40.1 Å². The van der Waals surface area contributed by atoms with Gasteiger partial charge in [0.1, 0.15) is 0 Å². The molecule has 0 unspecified atom stereocenters. The molecule has 1 heterocycles. The second-order valence-corrected chi connectivity index (χ2v) is 24.8. The fourth-order valence-electron chi connectivity index (χ4n) is 9.53. The van der Waals surface area contributed by atoms with Crippen LogP contribution in [0.2, 0.25) is 0 Å². The van der Waals surface area contributed by atoms with Crippen LogP contribution in [0.1, 0.15) is 86.5 Å². The number of aryl methyl sites for hydroxylation is 4. The van der Waals surface area contributed by atoms with Crippen molar-refractivity contribution in [1.82, 2.24) is 17.2 Å². The Hall–Kier alpha value is -3.48. The Morgan fingerprint density at radius 3 is 0.661 bits per heavy atom. The van der Waals surface area contributed by atoms with Crippen LogP contribution >= 0.6 is 0 Å². The first-order valence-corrected chi connectivity index (χ1v) is 27.5. The van der Waals surface area contributed by atoms with E-state index in [0.717, 1.165) is 22.3 Å². The predicted octanol–water partition coefficient (Wildman–Crippen LogP) is 7.40. The van der Waals surface area contributed by atoms with Crippen molar-refractivity contribution in [1.29, 1.82) is 0 Å². The van der Waals surface area contributed by atoms with E-state index in [2.05, 4.69) is 0 Å². The van der Waals surface area contributed by atoms with Gasteiger partial charge in [0.25, 0.3) is 0 Å². The Balaban J connectivity index is 1.40. The maximum absolute atomic E-state index is 15.0. The topological polar surface area (TPSA) is 150 Å². The van der Waals surface area contributed by atoms with Crippen LogP contribution in [0.25, 0.3) is 0 Å². The summed E-state index contributed by atoms with van der Waals surface area (Å²) in [6.07, 6.45) is 4.38. The second-order valence-electron chi connectivity index (χ2n) is 17.3. The van der Waals surface area contributed by atoms with E-state index in [-0.39, 0.29) is 58.6 Å². The highest BCUT2D eigenvalue weighted by Crippen LogP contribution is 2.38. The molecule has 4 aromatic carbocycles. The van der Waals surface area contributed by atoms with Crippen molar-refractivity contribution in [3.8, 4) is 0 Å². The number of hydrogen-bond acceptors (Lipinski definition) is 8. The summed E-state index contributed by atoms with van der Waals surface area (Å²) in [6.45, 7) is 7.15. The molecule has 0 bridgehead atoms.